The quantitative estimate of drug-likeness (QED) is 0.444. The number of nitrogens with one attached hydrogen (secondary N) is 1. The molecule has 76 valence electrons. The van der Waals surface area contributed by atoms with E-state index in [1.54, 1.807) is 19.2 Å². The van der Waals surface area contributed by atoms with Gasteiger partial charge in [-0.05, 0) is 18.6 Å². The minimum atomic E-state index is -0.0492. The first-order valence-electron chi connectivity index (χ1n) is 4.67. The van der Waals surface area contributed by atoms with Crippen LogP contribution in [0.4, 0.5) is 5.69 Å². The molecule has 0 aliphatic rings. The van der Waals surface area contributed by atoms with Gasteiger partial charge in [0.05, 0.1) is 11.2 Å². The minimum Gasteiger partial charge on any atom is -0.397 e. The van der Waals surface area contributed by atoms with Crippen LogP contribution in [0.5, 0.6) is 0 Å². The summed E-state index contributed by atoms with van der Waals surface area (Å²) in [4.78, 5) is 14.8. The van der Waals surface area contributed by atoms with Crippen LogP contribution < -0.4 is 5.73 Å². The summed E-state index contributed by atoms with van der Waals surface area (Å²) in [7, 11) is 0. The Bertz CT molecular complexity index is 552. The second-order valence-electron chi connectivity index (χ2n) is 3.58. The van der Waals surface area contributed by atoms with Crippen LogP contribution in [0.3, 0.4) is 0 Å². The number of fused-ring (bicyclic) bond motifs is 1. The highest BCUT2D eigenvalue weighted by molar-refractivity contribution is 6.16. The van der Waals surface area contributed by atoms with Crippen LogP contribution in [-0.2, 0) is 0 Å². The third kappa shape index (κ3) is 1.42. The summed E-state index contributed by atoms with van der Waals surface area (Å²) in [5, 5.41) is 0.850. The fraction of sp³-hybridized carbons (Fsp3) is 0.0833. The monoisotopic (exact) mass is 200 g/mol. The average Bonchev–Trinajstić information content (AvgIpc) is 2.61. The van der Waals surface area contributed by atoms with E-state index in [9.17, 15) is 4.79 Å². The van der Waals surface area contributed by atoms with Crippen molar-refractivity contribution in [3.63, 3.8) is 0 Å². The molecule has 15 heavy (non-hydrogen) atoms. The van der Waals surface area contributed by atoms with E-state index < -0.39 is 0 Å². The molecule has 1 aromatic carbocycles. The predicted molar refractivity (Wildman–Crippen MR) is 61.9 cm³/mol. The van der Waals surface area contributed by atoms with Crippen molar-refractivity contribution in [2.45, 2.75) is 6.92 Å². The molecule has 0 saturated carbocycles. The number of H-pyrrole nitrogens is 1. The molecule has 2 aromatic rings. The smallest absolute Gasteiger partial charge is 0.190 e. The molecule has 3 N–H and O–H groups in total. The van der Waals surface area contributed by atoms with Crippen LogP contribution >= 0.6 is 0 Å². The van der Waals surface area contributed by atoms with Gasteiger partial charge >= 0.3 is 0 Å². The number of nitrogen functional groups attached to an aromatic ring is 1. The van der Waals surface area contributed by atoms with Crippen LogP contribution in [0.2, 0.25) is 0 Å². The maximum atomic E-state index is 11.8. The number of benzene rings is 1. The van der Waals surface area contributed by atoms with Crippen molar-refractivity contribution in [2.24, 2.45) is 0 Å². The standard InChI is InChI=1S/C12H12N2O/c1-7(2)12(15)9-6-14-11-8(9)4-3-5-10(11)13/h3-6,14H,1,13H2,2H3. The Balaban J connectivity index is 2.69. The van der Waals surface area contributed by atoms with E-state index in [0.717, 1.165) is 10.9 Å². The lowest BCUT2D eigenvalue weighted by atomic mass is 10.0. The first kappa shape index (κ1) is 9.52. The summed E-state index contributed by atoms with van der Waals surface area (Å²) in [5.74, 6) is -0.0492. The van der Waals surface area contributed by atoms with Crippen LogP contribution in [0.25, 0.3) is 10.9 Å². The highest BCUT2D eigenvalue weighted by Crippen LogP contribution is 2.24. The molecule has 0 bridgehead atoms. The molecule has 0 aliphatic carbocycles. The highest BCUT2D eigenvalue weighted by Gasteiger charge is 2.12. The summed E-state index contributed by atoms with van der Waals surface area (Å²) in [6.45, 7) is 5.35. The van der Waals surface area contributed by atoms with Gasteiger partial charge in [0.1, 0.15) is 0 Å². The molecule has 1 heterocycles. The van der Waals surface area contributed by atoms with Gasteiger partial charge in [-0.2, -0.15) is 0 Å². The lowest BCUT2D eigenvalue weighted by Gasteiger charge is -1.98. The Labute approximate surface area is 87.6 Å². The van der Waals surface area contributed by atoms with Gasteiger partial charge in [0.15, 0.2) is 5.78 Å². The molecule has 0 aliphatic heterocycles. The van der Waals surface area contributed by atoms with Gasteiger partial charge in [0.2, 0.25) is 0 Å². The van der Waals surface area contributed by atoms with Crippen molar-refractivity contribution >= 4 is 22.4 Å². The SMILES string of the molecule is C=C(C)C(=O)c1c[nH]c2c(N)cccc12. The number of nitrogens with two attached hydrogens (primary N) is 1. The molecule has 1 aromatic heterocycles. The largest absolute Gasteiger partial charge is 0.397 e. The molecule has 0 unspecified atom stereocenters. The lowest BCUT2D eigenvalue weighted by molar-refractivity contribution is 0.103. The first-order chi connectivity index (χ1) is 7.11. The number of rotatable bonds is 2. The lowest BCUT2D eigenvalue weighted by Crippen LogP contribution is -1.97. The van der Waals surface area contributed by atoms with Crippen molar-refractivity contribution in [1.82, 2.24) is 4.98 Å². The minimum absolute atomic E-state index is 0.0492. The van der Waals surface area contributed by atoms with Crippen molar-refractivity contribution < 1.29 is 4.79 Å². The molecular weight excluding hydrogens is 188 g/mol. The molecule has 0 saturated heterocycles. The molecule has 3 nitrogen and oxygen atoms in total. The van der Waals surface area contributed by atoms with Gasteiger partial charge < -0.3 is 10.7 Å². The molecule has 0 spiro atoms. The molecule has 0 amide bonds. The zero-order chi connectivity index (χ0) is 11.0. The number of hydrogen-bond donors (Lipinski definition) is 2. The molecule has 2 rings (SSSR count). The van der Waals surface area contributed by atoms with E-state index in [1.807, 2.05) is 12.1 Å². The number of carbonyl (C=O) groups excluding carboxylic acids is 1. The topological polar surface area (TPSA) is 58.9 Å². The van der Waals surface area contributed by atoms with Gasteiger partial charge in [-0.15, -0.1) is 0 Å². The van der Waals surface area contributed by atoms with Gasteiger partial charge in [0, 0.05) is 17.1 Å². The van der Waals surface area contributed by atoms with Crippen molar-refractivity contribution in [2.75, 3.05) is 5.73 Å². The summed E-state index contributed by atoms with van der Waals surface area (Å²) in [6, 6.07) is 5.51. The average molecular weight is 200 g/mol. The van der Waals surface area contributed by atoms with Gasteiger partial charge in [-0.25, -0.2) is 0 Å². The Morgan fingerprint density at radius 3 is 2.87 bits per heavy atom. The van der Waals surface area contributed by atoms with Crippen LogP contribution in [-0.4, -0.2) is 10.8 Å². The van der Waals surface area contributed by atoms with Crippen molar-refractivity contribution in [1.29, 1.82) is 0 Å². The van der Waals surface area contributed by atoms with E-state index >= 15 is 0 Å². The fourth-order valence-electron chi connectivity index (χ4n) is 1.60. The maximum absolute atomic E-state index is 11.8. The number of aromatic amines is 1. The zero-order valence-electron chi connectivity index (χ0n) is 8.50. The van der Waals surface area contributed by atoms with Crippen LogP contribution in [0.15, 0.2) is 36.5 Å². The second kappa shape index (κ2) is 3.28. The number of hydrogen-bond acceptors (Lipinski definition) is 2. The third-order valence-electron chi connectivity index (χ3n) is 2.38. The molecule has 0 atom stereocenters. The van der Waals surface area contributed by atoms with E-state index in [0.29, 0.717) is 16.8 Å². The number of carbonyl (C=O) groups is 1. The zero-order valence-corrected chi connectivity index (χ0v) is 8.50. The Kier molecular flexibility index (Phi) is 2.08. The van der Waals surface area contributed by atoms with E-state index in [1.165, 1.54) is 0 Å². The number of allylic oxidation sites excluding steroid dienone is 1. The fourth-order valence-corrected chi connectivity index (χ4v) is 1.60. The molecular formula is C12H12N2O. The normalized spacial score (nSPS) is 10.5. The van der Waals surface area contributed by atoms with Crippen LogP contribution in [0, 0.1) is 0 Å². The number of para-hydroxylation sites is 1. The summed E-state index contributed by atoms with van der Waals surface area (Å²) < 4.78 is 0. The van der Waals surface area contributed by atoms with E-state index in [4.69, 9.17) is 5.73 Å². The third-order valence-corrected chi connectivity index (χ3v) is 2.38. The predicted octanol–water partition coefficient (Wildman–Crippen LogP) is 2.51. The van der Waals surface area contributed by atoms with Gasteiger partial charge in [-0.3, -0.25) is 4.79 Å². The van der Waals surface area contributed by atoms with E-state index in [-0.39, 0.29) is 5.78 Å². The Hall–Kier alpha value is -2.03. The number of anilines is 1. The summed E-state index contributed by atoms with van der Waals surface area (Å²) in [5.41, 5.74) is 8.39. The Morgan fingerprint density at radius 1 is 1.47 bits per heavy atom. The molecule has 3 heteroatoms. The first-order valence-corrected chi connectivity index (χ1v) is 4.67. The maximum Gasteiger partial charge on any atom is 0.190 e. The summed E-state index contributed by atoms with van der Waals surface area (Å²) >= 11 is 0. The van der Waals surface area contributed by atoms with Gasteiger partial charge in [0.25, 0.3) is 0 Å². The number of Topliss-reactive ketones (excluding diaryl/α,β-unsaturated/α-hetero) is 1. The molecule has 0 fully saturated rings. The number of ketones is 1. The summed E-state index contributed by atoms with van der Waals surface area (Å²) in [6.07, 6.45) is 1.68. The van der Waals surface area contributed by atoms with Crippen LogP contribution in [0.1, 0.15) is 17.3 Å². The van der Waals surface area contributed by atoms with E-state index in [2.05, 4.69) is 11.6 Å². The second-order valence-corrected chi connectivity index (χ2v) is 3.58. The van der Waals surface area contributed by atoms with Crippen molar-refractivity contribution in [3.8, 4) is 0 Å². The Morgan fingerprint density at radius 2 is 2.20 bits per heavy atom. The van der Waals surface area contributed by atoms with Gasteiger partial charge in [-0.1, -0.05) is 18.7 Å². The molecule has 0 radical (unpaired) electrons. The van der Waals surface area contributed by atoms with Crippen molar-refractivity contribution in [3.05, 3.63) is 42.1 Å². The highest BCUT2D eigenvalue weighted by atomic mass is 16.1. The number of aromatic nitrogens is 1.